The predicted octanol–water partition coefficient (Wildman–Crippen LogP) is 4.98. The van der Waals surface area contributed by atoms with Gasteiger partial charge in [0.05, 0.1) is 30.1 Å². The average molecular weight is 509 g/mol. The van der Waals surface area contributed by atoms with Gasteiger partial charge in [-0.05, 0) is 79.1 Å². The van der Waals surface area contributed by atoms with Gasteiger partial charge in [-0.1, -0.05) is 12.1 Å². The molecule has 1 aliphatic heterocycles. The molecule has 4 aromatic rings. The molecule has 194 valence electrons. The Morgan fingerprint density at radius 3 is 2.24 bits per heavy atom. The molecule has 2 aromatic carbocycles. The number of hydrogen-bond acceptors (Lipinski definition) is 6. The van der Waals surface area contributed by atoms with Gasteiger partial charge in [-0.15, -0.1) is 0 Å². The van der Waals surface area contributed by atoms with Crippen LogP contribution in [0.4, 0.5) is 17.1 Å². The molecule has 7 heteroatoms. The molecule has 2 aromatic heterocycles. The predicted molar refractivity (Wildman–Crippen MR) is 149 cm³/mol. The van der Waals surface area contributed by atoms with Gasteiger partial charge in [-0.25, -0.2) is 0 Å². The van der Waals surface area contributed by atoms with Crippen molar-refractivity contribution in [1.29, 1.82) is 0 Å². The number of anilines is 3. The number of pyridine rings is 1. The fraction of sp³-hybridized carbons (Fsp3) is 0.258. The molecule has 0 atom stereocenters. The van der Waals surface area contributed by atoms with Crippen LogP contribution in [0.25, 0.3) is 0 Å². The molecule has 1 saturated heterocycles. The van der Waals surface area contributed by atoms with Crippen LogP contribution in [0, 0.1) is 0 Å². The summed E-state index contributed by atoms with van der Waals surface area (Å²) < 4.78 is 1.81. The lowest BCUT2D eigenvalue weighted by molar-refractivity contribution is 0.0979. The summed E-state index contributed by atoms with van der Waals surface area (Å²) in [7, 11) is 1.86. The van der Waals surface area contributed by atoms with E-state index in [4.69, 9.17) is 0 Å². The van der Waals surface area contributed by atoms with E-state index < -0.39 is 0 Å². The van der Waals surface area contributed by atoms with Crippen LogP contribution in [0.1, 0.15) is 44.9 Å². The van der Waals surface area contributed by atoms with E-state index in [9.17, 15) is 14.7 Å². The number of aromatic nitrogens is 2. The number of piperidine rings is 1. The molecule has 5 rings (SSSR count). The number of benzene rings is 2. The highest BCUT2D eigenvalue weighted by atomic mass is 16.3. The Hall–Kier alpha value is -4.23. The van der Waals surface area contributed by atoms with Crippen molar-refractivity contribution in [3.63, 3.8) is 0 Å². The number of Topliss-reactive ketones (excluding diaryl/α,β-unsaturated/α-hetero) is 2. The molecule has 38 heavy (non-hydrogen) atoms. The zero-order valence-corrected chi connectivity index (χ0v) is 21.5. The Bertz CT molecular complexity index is 1380. The average Bonchev–Trinajstić information content (AvgIpc) is 3.37. The van der Waals surface area contributed by atoms with Gasteiger partial charge in [0, 0.05) is 55.4 Å². The van der Waals surface area contributed by atoms with Crippen LogP contribution in [0.5, 0.6) is 0 Å². The van der Waals surface area contributed by atoms with Gasteiger partial charge < -0.3 is 19.9 Å². The molecule has 0 unspecified atom stereocenters. The highest BCUT2D eigenvalue weighted by Crippen LogP contribution is 2.22. The van der Waals surface area contributed by atoms with Crippen molar-refractivity contribution in [3.8, 4) is 0 Å². The Kier molecular flexibility index (Phi) is 7.65. The third-order valence-electron chi connectivity index (χ3n) is 7.02. The van der Waals surface area contributed by atoms with Crippen molar-refractivity contribution in [2.45, 2.75) is 31.8 Å². The minimum Gasteiger partial charge on any atom is -0.393 e. The molecule has 1 aliphatic rings. The van der Waals surface area contributed by atoms with Gasteiger partial charge in [-0.3, -0.25) is 14.6 Å². The van der Waals surface area contributed by atoms with Crippen molar-refractivity contribution < 1.29 is 14.7 Å². The second-order valence-corrected chi connectivity index (χ2v) is 9.83. The zero-order valence-electron chi connectivity index (χ0n) is 21.5. The van der Waals surface area contributed by atoms with Crippen molar-refractivity contribution >= 4 is 28.6 Å². The summed E-state index contributed by atoms with van der Waals surface area (Å²) in [6, 6.07) is 23.0. The second-order valence-electron chi connectivity index (χ2n) is 9.83. The molecule has 0 radical (unpaired) electrons. The number of rotatable bonds is 9. The van der Waals surface area contributed by atoms with E-state index in [1.165, 1.54) is 0 Å². The van der Waals surface area contributed by atoms with Crippen LogP contribution >= 0.6 is 0 Å². The number of aliphatic hydroxyl groups is 1. The minimum absolute atomic E-state index is 0.0366. The van der Waals surface area contributed by atoms with E-state index in [0.717, 1.165) is 54.3 Å². The number of ketones is 2. The molecular weight excluding hydrogens is 476 g/mol. The number of aryl methyl sites for hydroxylation is 1. The lowest BCUT2D eigenvalue weighted by Gasteiger charge is -2.31. The summed E-state index contributed by atoms with van der Waals surface area (Å²) in [5.74, 6) is 0.116. The van der Waals surface area contributed by atoms with Crippen molar-refractivity contribution in [2.75, 3.05) is 23.3 Å². The third kappa shape index (κ3) is 6.18. The number of nitrogens with one attached hydrogen (secondary N) is 1. The van der Waals surface area contributed by atoms with Gasteiger partial charge in [0.25, 0.3) is 0 Å². The van der Waals surface area contributed by atoms with Gasteiger partial charge in [-0.2, -0.15) is 0 Å². The fourth-order valence-electron chi connectivity index (χ4n) is 4.75. The van der Waals surface area contributed by atoms with Crippen LogP contribution in [0.15, 0.2) is 85.2 Å². The SMILES string of the molecule is Cn1cccc1C(=O)Cc1ccc(Nc2ccc(CC(=O)c3ccc(N4CCC(O)CC4)cc3)cc2)cn1. The van der Waals surface area contributed by atoms with Crippen molar-refractivity contribution in [1.82, 2.24) is 9.55 Å². The molecule has 0 spiro atoms. The highest BCUT2D eigenvalue weighted by molar-refractivity contribution is 5.98. The third-order valence-corrected chi connectivity index (χ3v) is 7.02. The molecule has 0 amide bonds. The monoisotopic (exact) mass is 508 g/mol. The Labute approximate surface area is 222 Å². The molecule has 0 bridgehead atoms. The highest BCUT2D eigenvalue weighted by Gasteiger charge is 2.17. The van der Waals surface area contributed by atoms with Gasteiger partial charge in [0.2, 0.25) is 0 Å². The van der Waals surface area contributed by atoms with E-state index in [0.29, 0.717) is 17.7 Å². The molecule has 1 fully saturated rings. The molecule has 3 heterocycles. The topological polar surface area (TPSA) is 87.5 Å². The van der Waals surface area contributed by atoms with Crippen LogP contribution in [-0.2, 0) is 19.9 Å². The first kappa shape index (κ1) is 25.4. The second kappa shape index (κ2) is 11.4. The number of carbonyl (C=O) groups is 2. The van der Waals surface area contributed by atoms with Gasteiger partial charge in [0.1, 0.15) is 0 Å². The summed E-state index contributed by atoms with van der Waals surface area (Å²) in [4.78, 5) is 32.0. The number of carbonyl (C=O) groups excluding carboxylic acids is 2. The Balaban J connectivity index is 1.13. The maximum absolute atomic E-state index is 12.8. The Morgan fingerprint density at radius 2 is 1.61 bits per heavy atom. The maximum Gasteiger partial charge on any atom is 0.185 e. The van der Waals surface area contributed by atoms with Crippen LogP contribution in [0.3, 0.4) is 0 Å². The van der Waals surface area contributed by atoms with E-state index in [1.54, 1.807) is 6.20 Å². The number of hydrogen-bond donors (Lipinski definition) is 2. The largest absolute Gasteiger partial charge is 0.393 e. The summed E-state index contributed by atoms with van der Waals surface area (Å²) in [6.07, 6.45) is 5.53. The maximum atomic E-state index is 12.8. The summed E-state index contributed by atoms with van der Waals surface area (Å²) >= 11 is 0. The van der Waals surface area contributed by atoms with Crippen LogP contribution in [0.2, 0.25) is 0 Å². The van der Waals surface area contributed by atoms with Gasteiger partial charge >= 0.3 is 0 Å². The van der Waals surface area contributed by atoms with Crippen molar-refractivity contribution in [2.24, 2.45) is 7.05 Å². The smallest absolute Gasteiger partial charge is 0.185 e. The van der Waals surface area contributed by atoms with E-state index in [1.807, 2.05) is 90.6 Å². The lowest BCUT2D eigenvalue weighted by Crippen LogP contribution is -2.35. The van der Waals surface area contributed by atoms with E-state index in [2.05, 4.69) is 15.2 Å². The lowest BCUT2D eigenvalue weighted by atomic mass is 10.0. The fourth-order valence-corrected chi connectivity index (χ4v) is 4.75. The standard InChI is InChI=1S/C31H32N4O3/c1-34-16-2-3-29(34)31(38)20-25-10-11-26(21-32-25)33-24-8-4-22(5-9-24)19-30(37)23-6-12-27(13-7-23)35-17-14-28(36)15-18-35/h2-13,16,21,28,33,36H,14-15,17-20H2,1H3. The number of aliphatic hydroxyl groups excluding tert-OH is 1. The minimum atomic E-state index is -0.201. The number of nitrogens with zero attached hydrogens (tertiary/aromatic N) is 3. The van der Waals surface area contributed by atoms with Crippen molar-refractivity contribution in [3.05, 3.63) is 108 Å². The van der Waals surface area contributed by atoms with E-state index >= 15 is 0 Å². The molecule has 0 saturated carbocycles. The summed E-state index contributed by atoms with van der Waals surface area (Å²) in [5, 5.41) is 13.0. The Morgan fingerprint density at radius 1 is 0.895 bits per heavy atom. The van der Waals surface area contributed by atoms with Gasteiger partial charge in [0.15, 0.2) is 11.6 Å². The summed E-state index contributed by atoms with van der Waals surface area (Å²) in [6.45, 7) is 1.67. The normalized spacial score (nSPS) is 13.9. The molecule has 0 aliphatic carbocycles. The molecule has 2 N–H and O–H groups in total. The molecular formula is C31H32N4O3. The zero-order chi connectivity index (χ0) is 26.5. The first-order chi connectivity index (χ1) is 18.4. The first-order valence-corrected chi connectivity index (χ1v) is 13.0. The summed E-state index contributed by atoms with van der Waals surface area (Å²) in [5.41, 5.74) is 5.85. The van der Waals surface area contributed by atoms with Crippen LogP contribution in [-0.4, -0.2) is 45.4 Å². The first-order valence-electron chi connectivity index (χ1n) is 13.0. The quantitative estimate of drug-likeness (QED) is 0.310. The van der Waals surface area contributed by atoms with E-state index in [-0.39, 0.29) is 24.1 Å². The van der Waals surface area contributed by atoms with Crippen LogP contribution < -0.4 is 10.2 Å². The molecule has 7 nitrogen and oxygen atoms in total.